The van der Waals surface area contributed by atoms with Crippen molar-refractivity contribution in [1.82, 2.24) is 0 Å². The van der Waals surface area contributed by atoms with Gasteiger partial charge in [-0.1, -0.05) is 32.4 Å². The van der Waals surface area contributed by atoms with E-state index in [9.17, 15) is 10.2 Å². The van der Waals surface area contributed by atoms with Crippen LogP contribution in [0.1, 0.15) is 46.5 Å². The van der Waals surface area contributed by atoms with Crippen LogP contribution in [0, 0.1) is 5.92 Å². The summed E-state index contributed by atoms with van der Waals surface area (Å²) >= 11 is 0. The average molecular weight is 198 g/mol. The standard InChI is InChI=1S/C12H22O2/c1-4-10-6-9(3)11(13)8-12(14,5-2)7-10/h6,9,11,13-14H,4-5,7-8H2,1-3H3. The highest BCUT2D eigenvalue weighted by atomic mass is 16.3. The molecule has 0 aliphatic heterocycles. The molecule has 0 aromatic heterocycles. The molecule has 1 aliphatic carbocycles. The predicted molar refractivity (Wildman–Crippen MR) is 58.0 cm³/mol. The highest BCUT2D eigenvalue weighted by Gasteiger charge is 2.33. The molecule has 3 unspecified atom stereocenters. The minimum absolute atomic E-state index is 0.172. The summed E-state index contributed by atoms with van der Waals surface area (Å²) in [5.41, 5.74) is 0.588. The third-order valence-corrected chi connectivity index (χ3v) is 3.36. The Morgan fingerprint density at radius 1 is 1.50 bits per heavy atom. The first kappa shape index (κ1) is 11.7. The van der Waals surface area contributed by atoms with Crippen LogP contribution in [-0.4, -0.2) is 21.9 Å². The Hall–Kier alpha value is -0.340. The molecule has 1 rings (SSSR count). The molecule has 0 amide bonds. The van der Waals surface area contributed by atoms with Crippen LogP contribution >= 0.6 is 0 Å². The van der Waals surface area contributed by atoms with Crippen molar-refractivity contribution in [2.75, 3.05) is 0 Å². The summed E-state index contributed by atoms with van der Waals surface area (Å²) in [4.78, 5) is 0. The Morgan fingerprint density at radius 3 is 2.64 bits per heavy atom. The maximum Gasteiger partial charge on any atom is 0.0706 e. The van der Waals surface area contributed by atoms with Gasteiger partial charge in [0.2, 0.25) is 0 Å². The van der Waals surface area contributed by atoms with E-state index in [0.29, 0.717) is 12.8 Å². The minimum Gasteiger partial charge on any atom is -0.392 e. The first-order valence-electron chi connectivity index (χ1n) is 5.60. The van der Waals surface area contributed by atoms with Gasteiger partial charge in [-0.05, 0) is 19.3 Å². The van der Waals surface area contributed by atoms with Gasteiger partial charge in [-0.2, -0.15) is 0 Å². The fraction of sp³-hybridized carbons (Fsp3) is 0.833. The number of hydrogen-bond acceptors (Lipinski definition) is 2. The molecule has 3 atom stereocenters. The van der Waals surface area contributed by atoms with Gasteiger partial charge in [-0.3, -0.25) is 0 Å². The maximum absolute atomic E-state index is 10.2. The van der Waals surface area contributed by atoms with Crippen LogP contribution in [-0.2, 0) is 0 Å². The summed E-state index contributed by atoms with van der Waals surface area (Å²) in [6.07, 6.45) is 4.64. The van der Waals surface area contributed by atoms with Gasteiger partial charge in [-0.15, -0.1) is 0 Å². The molecule has 0 saturated carbocycles. The maximum atomic E-state index is 10.2. The molecule has 0 radical (unpaired) electrons. The lowest BCUT2D eigenvalue weighted by molar-refractivity contribution is -0.0181. The Labute approximate surface area is 86.6 Å². The van der Waals surface area contributed by atoms with Gasteiger partial charge >= 0.3 is 0 Å². The topological polar surface area (TPSA) is 40.5 Å². The van der Waals surface area contributed by atoms with E-state index in [1.54, 1.807) is 0 Å². The van der Waals surface area contributed by atoms with Crippen LogP contribution in [0.4, 0.5) is 0 Å². The van der Waals surface area contributed by atoms with Gasteiger partial charge in [-0.25, -0.2) is 0 Å². The molecule has 2 nitrogen and oxygen atoms in total. The summed E-state index contributed by atoms with van der Waals surface area (Å²) in [5, 5.41) is 20.1. The molecule has 0 spiro atoms. The summed E-state index contributed by atoms with van der Waals surface area (Å²) < 4.78 is 0. The molecule has 2 N–H and O–H groups in total. The molecule has 14 heavy (non-hydrogen) atoms. The Balaban J connectivity index is 2.86. The van der Waals surface area contributed by atoms with Gasteiger partial charge < -0.3 is 10.2 Å². The van der Waals surface area contributed by atoms with Crippen molar-refractivity contribution in [3.63, 3.8) is 0 Å². The Morgan fingerprint density at radius 2 is 2.14 bits per heavy atom. The largest absolute Gasteiger partial charge is 0.392 e. The summed E-state index contributed by atoms with van der Waals surface area (Å²) in [6.45, 7) is 6.10. The van der Waals surface area contributed by atoms with Gasteiger partial charge in [0.25, 0.3) is 0 Å². The van der Waals surface area contributed by atoms with Crippen molar-refractivity contribution in [2.24, 2.45) is 5.92 Å². The summed E-state index contributed by atoms with van der Waals surface area (Å²) in [6, 6.07) is 0. The molecule has 0 bridgehead atoms. The molecule has 0 aromatic rings. The molecular formula is C12H22O2. The van der Waals surface area contributed by atoms with Crippen LogP contribution in [0.15, 0.2) is 11.6 Å². The van der Waals surface area contributed by atoms with Crippen molar-refractivity contribution >= 4 is 0 Å². The first-order valence-corrected chi connectivity index (χ1v) is 5.60. The molecule has 0 fully saturated rings. The second-order valence-electron chi connectivity index (χ2n) is 4.56. The third-order valence-electron chi connectivity index (χ3n) is 3.36. The van der Waals surface area contributed by atoms with Crippen molar-refractivity contribution < 1.29 is 10.2 Å². The van der Waals surface area contributed by atoms with Crippen molar-refractivity contribution in [2.45, 2.75) is 58.2 Å². The van der Waals surface area contributed by atoms with E-state index in [-0.39, 0.29) is 5.92 Å². The monoisotopic (exact) mass is 198 g/mol. The van der Waals surface area contributed by atoms with Crippen LogP contribution < -0.4 is 0 Å². The van der Waals surface area contributed by atoms with Gasteiger partial charge in [0, 0.05) is 12.3 Å². The molecule has 0 heterocycles. The van der Waals surface area contributed by atoms with Crippen LogP contribution in [0.3, 0.4) is 0 Å². The number of hydrogen-bond donors (Lipinski definition) is 2. The molecule has 2 heteroatoms. The quantitative estimate of drug-likeness (QED) is 0.668. The smallest absolute Gasteiger partial charge is 0.0706 e. The lowest BCUT2D eigenvalue weighted by Crippen LogP contribution is -2.33. The summed E-state index contributed by atoms with van der Waals surface area (Å²) in [5.74, 6) is 0.172. The normalized spacial score (nSPS) is 39.1. The first-order chi connectivity index (χ1) is 6.50. The van der Waals surface area contributed by atoms with E-state index < -0.39 is 11.7 Å². The predicted octanol–water partition coefficient (Wildman–Crippen LogP) is 2.25. The molecule has 0 saturated heterocycles. The second-order valence-corrected chi connectivity index (χ2v) is 4.56. The SMILES string of the molecule is CCC1=CC(C)C(O)CC(O)(CC)C1. The molecular weight excluding hydrogens is 176 g/mol. The Kier molecular flexibility index (Phi) is 3.73. The fourth-order valence-electron chi connectivity index (χ4n) is 2.12. The third kappa shape index (κ3) is 2.58. The molecule has 82 valence electrons. The van der Waals surface area contributed by atoms with E-state index >= 15 is 0 Å². The highest BCUT2D eigenvalue weighted by molar-refractivity contribution is 5.12. The van der Waals surface area contributed by atoms with Crippen LogP contribution in [0.5, 0.6) is 0 Å². The van der Waals surface area contributed by atoms with E-state index in [1.807, 2.05) is 13.8 Å². The zero-order valence-electron chi connectivity index (χ0n) is 9.45. The zero-order chi connectivity index (χ0) is 10.8. The van der Waals surface area contributed by atoms with Crippen molar-refractivity contribution in [3.8, 4) is 0 Å². The van der Waals surface area contributed by atoms with Crippen LogP contribution in [0.25, 0.3) is 0 Å². The van der Waals surface area contributed by atoms with E-state index in [0.717, 1.165) is 12.8 Å². The number of aliphatic hydroxyl groups excluding tert-OH is 1. The zero-order valence-corrected chi connectivity index (χ0v) is 9.45. The van der Waals surface area contributed by atoms with Gasteiger partial charge in [0.05, 0.1) is 11.7 Å². The fourth-order valence-corrected chi connectivity index (χ4v) is 2.12. The number of rotatable bonds is 2. The number of aliphatic hydroxyl groups is 2. The summed E-state index contributed by atoms with van der Waals surface area (Å²) in [7, 11) is 0. The highest BCUT2D eigenvalue weighted by Crippen LogP contribution is 2.33. The van der Waals surface area contributed by atoms with Crippen LogP contribution in [0.2, 0.25) is 0 Å². The van der Waals surface area contributed by atoms with Crippen molar-refractivity contribution in [3.05, 3.63) is 11.6 Å². The van der Waals surface area contributed by atoms with E-state index in [2.05, 4.69) is 13.0 Å². The lowest BCUT2D eigenvalue weighted by Gasteiger charge is -2.28. The molecule has 1 aliphatic rings. The minimum atomic E-state index is -0.688. The van der Waals surface area contributed by atoms with Gasteiger partial charge in [0.15, 0.2) is 0 Å². The molecule has 0 aromatic carbocycles. The van der Waals surface area contributed by atoms with E-state index in [4.69, 9.17) is 0 Å². The van der Waals surface area contributed by atoms with E-state index in [1.165, 1.54) is 5.57 Å². The lowest BCUT2D eigenvalue weighted by atomic mass is 9.87. The van der Waals surface area contributed by atoms with Crippen molar-refractivity contribution in [1.29, 1.82) is 0 Å². The van der Waals surface area contributed by atoms with Gasteiger partial charge in [0.1, 0.15) is 0 Å². The second kappa shape index (κ2) is 4.45. The Bertz CT molecular complexity index is 222. The average Bonchev–Trinajstić information content (AvgIpc) is 2.26.